The number of morpholine rings is 1. The smallest absolute Gasteiger partial charge is 0.282 e. The third-order valence-electron chi connectivity index (χ3n) is 5.14. The van der Waals surface area contributed by atoms with Gasteiger partial charge in [0.1, 0.15) is 0 Å². The first-order valence-corrected chi connectivity index (χ1v) is 10.8. The Morgan fingerprint density at radius 2 is 1.82 bits per heavy atom. The van der Waals surface area contributed by atoms with E-state index in [-0.39, 0.29) is 18.1 Å². The van der Waals surface area contributed by atoms with E-state index < -0.39 is 10.2 Å². The van der Waals surface area contributed by atoms with Gasteiger partial charge in [0, 0.05) is 49.7 Å². The summed E-state index contributed by atoms with van der Waals surface area (Å²) >= 11 is 0. The molecule has 0 N–H and O–H groups in total. The normalized spacial score (nSPS) is 21.8. The maximum absolute atomic E-state index is 13.0. The summed E-state index contributed by atoms with van der Waals surface area (Å²) < 4.78 is 35.7. The lowest BCUT2D eigenvalue weighted by Gasteiger charge is -2.33. The Labute approximate surface area is 163 Å². The maximum Gasteiger partial charge on any atom is 0.282 e. The molecule has 2 aliphatic rings. The second kappa shape index (κ2) is 8.08. The van der Waals surface area contributed by atoms with E-state index in [1.54, 1.807) is 18.5 Å². The molecule has 4 heterocycles. The number of hydrogen-bond acceptors (Lipinski definition) is 6. The van der Waals surface area contributed by atoms with Crippen LogP contribution < -0.4 is 5.56 Å². The lowest BCUT2D eigenvalue weighted by molar-refractivity contribution is 0.0697. The maximum atomic E-state index is 13.0. The summed E-state index contributed by atoms with van der Waals surface area (Å²) in [5.74, 6) is 0. The highest BCUT2D eigenvalue weighted by Gasteiger charge is 2.39. The van der Waals surface area contributed by atoms with Crippen molar-refractivity contribution in [2.24, 2.45) is 0 Å². The zero-order chi connectivity index (χ0) is 19.6. The molecule has 4 rings (SSSR count). The molecule has 9 nitrogen and oxygen atoms in total. The third-order valence-corrected chi connectivity index (χ3v) is 7.23. The van der Waals surface area contributed by atoms with Crippen LogP contribution in [-0.4, -0.2) is 70.7 Å². The lowest BCUT2D eigenvalue weighted by Crippen LogP contribution is -2.51. The summed E-state index contributed by atoms with van der Waals surface area (Å²) in [6.45, 7) is 2.24. The molecule has 2 aromatic rings. The number of ether oxygens (including phenoxy) is 1. The van der Waals surface area contributed by atoms with Gasteiger partial charge in [-0.25, -0.2) is 4.68 Å². The van der Waals surface area contributed by atoms with Gasteiger partial charge in [0.25, 0.3) is 15.8 Å². The fraction of sp³-hybridized carbons (Fsp3) is 0.500. The quantitative estimate of drug-likeness (QED) is 0.712. The van der Waals surface area contributed by atoms with E-state index in [4.69, 9.17) is 4.74 Å². The van der Waals surface area contributed by atoms with E-state index in [9.17, 15) is 13.2 Å². The SMILES string of the molecule is O=c1ccc(-c2ccncc2)nn1CC1CCCN1S(=O)(=O)N1CCOCC1. The molecule has 28 heavy (non-hydrogen) atoms. The predicted octanol–water partition coefficient (Wildman–Crippen LogP) is 0.347. The Bertz CT molecular complexity index is 973. The van der Waals surface area contributed by atoms with Crippen LogP contribution >= 0.6 is 0 Å². The van der Waals surface area contributed by atoms with Crippen molar-refractivity contribution in [2.75, 3.05) is 32.8 Å². The molecule has 0 saturated carbocycles. The number of hydrogen-bond donors (Lipinski definition) is 0. The number of rotatable bonds is 5. The minimum atomic E-state index is -3.57. The van der Waals surface area contributed by atoms with E-state index in [0.717, 1.165) is 12.0 Å². The van der Waals surface area contributed by atoms with E-state index in [1.807, 2.05) is 12.1 Å². The average Bonchev–Trinajstić information content (AvgIpc) is 3.20. The summed E-state index contributed by atoms with van der Waals surface area (Å²) in [7, 11) is -3.57. The van der Waals surface area contributed by atoms with E-state index in [2.05, 4.69) is 10.1 Å². The minimum absolute atomic E-state index is 0.237. The van der Waals surface area contributed by atoms with Crippen LogP contribution in [0.15, 0.2) is 41.5 Å². The molecule has 150 valence electrons. The Morgan fingerprint density at radius 3 is 2.57 bits per heavy atom. The van der Waals surface area contributed by atoms with Crippen LogP contribution in [0.1, 0.15) is 12.8 Å². The van der Waals surface area contributed by atoms with Crippen molar-refractivity contribution >= 4 is 10.2 Å². The molecule has 1 unspecified atom stereocenters. The molecule has 2 saturated heterocycles. The van der Waals surface area contributed by atoms with Gasteiger partial charge in [-0.15, -0.1) is 0 Å². The van der Waals surface area contributed by atoms with Gasteiger partial charge in [0.15, 0.2) is 0 Å². The molecule has 0 aromatic carbocycles. The van der Waals surface area contributed by atoms with Crippen LogP contribution in [0.4, 0.5) is 0 Å². The second-order valence-electron chi connectivity index (χ2n) is 6.90. The topological polar surface area (TPSA) is 97.6 Å². The Balaban J connectivity index is 1.57. The van der Waals surface area contributed by atoms with Crippen LogP contribution in [0.5, 0.6) is 0 Å². The Hall–Kier alpha value is -2.14. The monoisotopic (exact) mass is 405 g/mol. The highest BCUT2D eigenvalue weighted by Crippen LogP contribution is 2.25. The second-order valence-corrected chi connectivity index (χ2v) is 8.78. The summed E-state index contributed by atoms with van der Waals surface area (Å²) in [6.07, 6.45) is 4.81. The van der Waals surface area contributed by atoms with E-state index >= 15 is 0 Å². The molecular formula is C18H23N5O4S. The summed E-state index contributed by atoms with van der Waals surface area (Å²) in [4.78, 5) is 16.3. The fourth-order valence-corrected chi connectivity index (χ4v) is 5.49. The standard InChI is InChI=1S/C18H23N5O4S/c24-18-4-3-17(15-5-7-19-8-6-15)20-22(18)14-16-2-1-9-23(16)28(25,26)21-10-12-27-13-11-21/h3-8,16H,1-2,9-14H2. The van der Waals surface area contributed by atoms with Gasteiger partial charge >= 0.3 is 0 Å². The van der Waals surface area contributed by atoms with Crippen molar-refractivity contribution < 1.29 is 13.2 Å². The van der Waals surface area contributed by atoms with Crippen LogP contribution in [-0.2, 0) is 21.5 Å². The first-order chi connectivity index (χ1) is 13.6. The predicted molar refractivity (Wildman–Crippen MR) is 103 cm³/mol. The van der Waals surface area contributed by atoms with Crippen LogP contribution in [0.3, 0.4) is 0 Å². The molecule has 2 aliphatic heterocycles. The van der Waals surface area contributed by atoms with Gasteiger partial charge in [-0.3, -0.25) is 9.78 Å². The van der Waals surface area contributed by atoms with Crippen molar-refractivity contribution in [3.63, 3.8) is 0 Å². The van der Waals surface area contributed by atoms with Gasteiger partial charge in [-0.2, -0.15) is 22.1 Å². The molecule has 10 heteroatoms. The number of aromatic nitrogens is 3. The summed E-state index contributed by atoms with van der Waals surface area (Å²) in [5.41, 5.74) is 1.27. The number of pyridine rings is 1. The van der Waals surface area contributed by atoms with Crippen LogP contribution in [0.25, 0.3) is 11.3 Å². The van der Waals surface area contributed by atoms with Gasteiger partial charge in [0.05, 0.1) is 25.5 Å². The molecule has 0 amide bonds. The molecule has 2 aromatic heterocycles. The van der Waals surface area contributed by atoms with Crippen molar-refractivity contribution in [3.8, 4) is 11.3 Å². The van der Waals surface area contributed by atoms with Crippen molar-refractivity contribution in [1.29, 1.82) is 0 Å². The Kier molecular flexibility index (Phi) is 5.54. The number of nitrogens with zero attached hydrogens (tertiary/aromatic N) is 5. The molecule has 0 radical (unpaired) electrons. The lowest BCUT2D eigenvalue weighted by atomic mass is 10.2. The first-order valence-electron chi connectivity index (χ1n) is 9.39. The molecule has 0 bridgehead atoms. The van der Waals surface area contributed by atoms with Gasteiger partial charge in [-0.05, 0) is 31.0 Å². The third kappa shape index (κ3) is 3.86. The Morgan fingerprint density at radius 1 is 1.07 bits per heavy atom. The van der Waals surface area contributed by atoms with Crippen molar-refractivity contribution in [3.05, 3.63) is 47.0 Å². The van der Waals surface area contributed by atoms with E-state index in [1.165, 1.54) is 19.4 Å². The fourth-order valence-electron chi connectivity index (χ4n) is 3.68. The molecule has 0 aliphatic carbocycles. The highest BCUT2D eigenvalue weighted by molar-refractivity contribution is 7.86. The zero-order valence-electron chi connectivity index (χ0n) is 15.5. The molecule has 0 spiro atoms. The van der Waals surface area contributed by atoms with E-state index in [0.29, 0.717) is 45.0 Å². The van der Waals surface area contributed by atoms with Gasteiger partial charge < -0.3 is 4.74 Å². The molecule has 1 atom stereocenters. The highest BCUT2D eigenvalue weighted by atomic mass is 32.2. The average molecular weight is 405 g/mol. The van der Waals surface area contributed by atoms with Gasteiger partial charge in [0.2, 0.25) is 0 Å². The van der Waals surface area contributed by atoms with Crippen molar-refractivity contribution in [2.45, 2.75) is 25.4 Å². The van der Waals surface area contributed by atoms with Crippen LogP contribution in [0, 0.1) is 0 Å². The summed E-state index contributed by atoms with van der Waals surface area (Å²) in [5, 5.41) is 4.46. The largest absolute Gasteiger partial charge is 0.379 e. The zero-order valence-corrected chi connectivity index (χ0v) is 16.3. The summed E-state index contributed by atoms with van der Waals surface area (Å²) in [6, 6.07) is 6.50. The molecule has 2 fully saturated rings. The minimum Gasteiger partial charge on any atom is -0.379 e. The van der Waals surface area contributed by atoms with Crippen molar-refractivity contribution in [1.82, 2.24) is 23.4 Å². The first kappa shape index (κ1) is 19.2. The van der Waals surface area contributed by atoms with Crippen LogP contribution in [0.2, 0.25) is 0 Å². The van der Waals surface area contributed by atoms with Gasteiger partial charge in [-0.1, -0.05) is 0 Å². The molecular weight excluding hydrogens is 382 g/mol.